The van der Waals surface area contributed by atoms with Crippen molar-refractivity contribution < 1.29 is 4.79 Å². The molecule has 39 heavy (non-hydrogen) atoms. The lowest BCUT2D eigenvalue weighted by molar-refractivity contribution is -0.129. The first kappa shape index (κ1) is 29.2. The molecule has 5 aliphatic heterocycles. The predicted octanol–water partition coefficient (Wildman–Crippen LogP) is 2.29. The minimum Gasteiger partial charge on any atom is -0.382 e. The number of halogens is 1. The topological polar surface area (TPSA) is 112 Å². The molecule has 2 bridgehead atoms. The third-order valence-electron chi connectivity index (χ3n) is 11.0. The van der Waals surface area contributed by atoms with Crippen LogP contribution in [0, 0.1) is 23.2 Å². The Morgan fingerprint density at radius 1 is 1.23 bits per heavy atom. The van der Waals surface area contributed by atoms with E-state index in [1.54, 1.807) is 0 Å². The molecule has 9 heteroatoms. The fourth-order valence-electron chi connectivity index (χ4n) is 8.81. The number of nitrogens with one attached hydrogen (secondary N) is 3. The van der Waals surface area contributed by atoms with Gasteiger partial charge in [0.1, 0.15) is 5.54 Å². The van der Waals surface area contributed by atoms with E-state index >= 15 is 0 Å². The molecule has 1 aliphatic carbocycles. The maximum absolute atomic E-state index is 14.4. The van der Waals surface area contributed by atoms with Gasteiger partial charge in [-0.15, -0.1) is 11.6 Å². The van der Waals surface area contributed by atoms with Crippen molar-refractivity contribution in [3.05, 3.63) is 17.6 Å². The molecule has 1 spiro atoms. The number of piperidine rings is 1. The normalized spacial score (nSPS) is 40.9. The molecule has 0 radical (unpaired) electrons. The van der Waals surface area contributed by atoms with Gasteiger partial charge in [0, 0.05) is 62.9 Å². The monoisotopic (exact) mass is 561 g/mol. The van der Waals surface area contributed by atoms with Gasteiger partial charge in [-0.2, -0.15) is 0 Å². The van der Waals surface area contributed by atoms with Crippen LogP contribution in [-0.2, 0) is 4.79 Å². The third-order valence-corrected chi connectivity index (χ3v) is 11.4. The highest BCUT2D eigenvalue weighted by molar-refractivity contribution is 6.20. The van der Waals surface area contributed by atoms with Gasteiger partial charge >= 0.3 is 0 Å². The molecule has 0 aromatic heterocycles. The van der Waals surface area contributed by atoms with Crippen LogP contribution in [0.5, 0.6) is 0 Å². The molecule has 4 saturated heterocycles. The van der Waals surface area contributed by atoms with Gasteiger partial charge in [-0.3, -0.25) is 4.79 Å². The van der Waals surface area contributed by atoms with E-state index in [9.17, 15) is 4.79 Å². The lowest BCUT2D eigenvalue weighted by Crippen LogP contribution is -2.65. The zero-order chi connectivity index (χ0) is 27.8. The molecule has 6 aliphatic rings. The molecule has 7 atom stereocenters. The number of rotatable bonds is 8. The van der Waals surface area contributed by atoms with E-state index in [1.165, 1.54) is 0 Å². The Bertz CT molecular complexity index is 946. The van der Waals surface area contributed by atoms with Crippen molar-refractivity contribution in [1.29, 1.82) is 0 Å². The van der Waals surface area contributed by atoms with Crippen LogP contribution in [0.1, 0.15) is 72.1 Å². The minimum atomic E-state index is -0.762. The quantitative estimate of drug-likeness (QED) is 0.176. The van der Waals surface area contributed by atoms with Gasteiger partial charge in [-0.05, 0) is 55.8 Å². The van der Waals surface area contributed by atoms with Gasteiger partial charge in [0.2, 0.25) is 5.91 Å². The van der Waals surface area contributed by atoms with E-state index in [0.29, 0.717) is 31.0 Å². The first-order valence-corrected chi connectivity index (χ1v) is 16.1. The highest BCUT2D eigenvalue weighted by atomic mass is 35.5. The molecule has 0 aromatic rings. The highest BCUT2D eigenvalue weighted by Gasteiger charge is 2.61. The molecule has 220 valence electrons. The minimum absolute atomic E-state index is 0.0509. The number of alkyl halides is 1. The molecule has 7 N–H and O–H groups in total. The van der Waals surface area contributed by atoms with E-state index in [1.807, 2.05) is 6.20 Å². The summed E-state index contributed by atoms with van der Waals surface area (Å²) in [6, 6.07) is 0.388. The summed E-state index contributed by atoms with van der Waals surface area (Å²) in [6.07, 6.45) is 9.48. The van der Waals surface area contributed by atoms with Crippen molar-refractivity contribution in [2.45, 2.75) is 101 Å². The fourth-order valence-corrected chi connectivity index (χ4v) is 9.00. The number of carbonyl (C=O) groups is 1. The molecular formula is C30H52ClN7O. The zero-order valence-electron chi connectivity index (χ0n) is 24.4. The third kappa shape index (κ3) is 5.62. The maximum atomic E-state index is 14.4. The fraction of sp³-hybridized carbons (Fsp3) is 0.867. The highest BCUT2D eigenvalue weighted by Crippen LogP contribution is 2.66. The van der Waals surface area contributed by atoms with Crippen LogP contribution in [0.15, 0.2) is 17.6 Å². The average molecular weight is 562 g/mol. The van der Waals surface area contributed by atoms with Crippen molar-refractivity contribution >= 4 is 17.5 Å². The smallest absolute Gasteiger partial charge is 0.228 e. The Morgan fingerprint density at radius 2 is 2.00 bits per heavy atom. The van der Waals surface area contributed by atoms with Crippen LogP contribution in [-0.4, -0.2) is 84.1 Å². The van der Waals surface area contributed by atoms with E-state index in [2.05, 4.69) is 52.3 Å². The van der Waals surface area contributed by atoms with Crippen molar-refractivity contribution in [1.82, 2.24) is 25.8 Å². The number of carbonyl (C=O) groups excluding carboxylic acids is 1. The molecule has 6 rings (SSSR count). The molecule has 5 heterocycles. The molecule has 5 fully saturated rings. The van der Waals surface area contributed by atoms with Crippen LogP contribution >= 0.6 is 11.6 Å². The summed E-state index contributed by atoms with van der Waals surface area (Å²) in [4.78, 5) is 19.5. The van der Waals surface area contributed by atoms with Crippen LogP contribution < -0.4 is 27.4 Å². The summed E-state index contributed by atoms with van der Waals surface area (Å²) in [5.74, 6) is 0.712. The van der Waals surface area contributed by atoms with E-state index in [0.717, 1.165) is 83.2 Å². The van der Waals surface area contributed by atoms with Gasteiger partial charge in [0.15, 0.2) is 0 Å². The lowest BCUT2D eigenvalue weighted by Gasteiger charge is -2.46. The number of nitrogens with zero attached hydrogens (tertiary/aromatic N) is 2. The Labute approximate surface area is 240 Å². The van der Waals surface area contributed by atoms with Gasteiger partial charge in [-0.1, -0.05) is 39.3 Å². The van der Waals surface area contributed by atoms with Gasteiger partial charge in [0.25, 0.3) is 0 Å². The molecular weight excluding hydrogens is 510 g/mol. The number of hydrogen-bond donors (Lipinski definition) is 5. The van der Waals surface area contributed by atoms with E-state index < -0.39 is 17.6 Å². The summed E-state index contributed by atoms with van der Waals surface area (Å²) in [5.41, 5.74) is 17.3. The second-order valence-corrected chi connectivity index (χ2v) is 13.7. The van der Waals surface area contributed by atoms with Crippen LogP contribution in [0.25, 0.3) is 0 Å². The Kier molecular flexibility index (Phi) is 8.92. The van der Waals surface area contributed by atoms with Gasteiger partial charge in [0.05, 0.1) is 17.8 Å². The van der Waals surface area contributed by atoms with Crippen LogP contribution in [0.3, 0.4) is 0 Å². The first-order chi connectivity index (χ1) is 18.7. The van der Waals surface area contributed by atoms with Crippen molar-refractivity contribution in [3.63, 3.8) is 0 Å². The largest absolute Gasteiger partial charge is 0.382 e. The first-order valence-electron chi connectivity index (χ1n) is 15.6. The molecule has 1 amide bonds. The molecule has 6 unspecified atom stereocenters. The average Bonchev–Trinajstić information content (AvgIpc) is 3.59. The molecule has 8 nitrogen and oxygen atoms in total. The number of hydrogen-bond acceptors (Lipinski definition) is 7. The van der Waals surface area contributed by atoms with E-state index in [4.69, 9.17) is 23.1 Å². The SMILES string of the molecule is CCCC1(NC(=O)C(C(N)N)C2CC3(CCC(Cl)CN2)C(CC)[C@@H]3C)CNC=C=C1N1CCN2CCC1CC2. The van der Waals surface area contributed by atoms with Gasteiger partial charge < -0.3 is 37.2 Å². The van der Waals surface area contributed by atoms with Crippen molar-refractivity contribution in [2.75, 3.05) is 39.3 Å². The Morgan fingerprint density at radius 3 is 2.67 bits per heavy atom. The number of nitrogens with two attached hydrogens (primary N) is 2. The molecule has 0 aromatic carbocycles. The standard InChI is InChI=1S/C30H52ClN7O/c1-4-10-30(19-34-12-7-25(30)38-16-15-37-13-8-22(38)9-14-37)36-28(39)26(27(32)33)24-17-29(20(3)23(29)5-2)11-6-21(31)18-35-24/h12,20-24,26-27,34-35H,4-6,8-11,13-19,32-33H2,1-3H3,(H,36,39)/t20-,21?,23?,24?,26?,29?,30?/m0/s1. The zero-order valence-corrected chi connectivity index (χ0v) is 25.1. The number of fused-ring (bicyclic) bond motifs is 4. The second kappa shape index (κ2) is 11.9. The predicted molar refractivity (Wildman–Crippen MR) is 158 cm³/mol. The number of amides is 1. The van der Waals surface area contributed by atoms with Crippen molar-refractivity contribution in [2.24, 2.45) is 34.6 Å². The summed E-state index contributed by atoms with van der Waals surface area (Å²) < 4.78 is 0. The molecule has 1 saturated carbocycles. The summed E-state index contributed by atoms with van der Waals surface area (Å²) in [6.45, 7) is 12.5. The van der Waals surface area contributed by atoms with Crippen LogP contribution in [0.4, 0.5) is 0 Å². The summed E-state index contributed by atoms with van der Waals surface area (Å²) in [7, 11) is 0. The van der Waals surface area contributed by atoms with Gasteiger partial charge in [-0.25, -0.2) is 0 Å². The van der Waals surface area contributed by atoms with Crippen LogP contribution in [0.2, 0.25) is 0 Å². The lowest BCUT2D eigenvalue weighted by atomic mass is 9.79. The maximum Gasteiger partial charge on any atom is 0.228 e. The second-order valence-electron chi connectivity index (χ2n) is 13.1. The van der Waals surface area contributed by atoms with Crippen molar-refractivity contribution in [3.8, 4) is 0 Å². The summed E-state index contributed by atoms with van der Waals surface area (Å²) in [5, 5.41) is 10.7. The Balaban J connectivity index is 1.42. The van der Waals surface area contributed by atoms with E-state index in [-0.39, 0.29) is 22.7 Å². The Hall–Kier alpha value is -1.28. The summed E-state index contributed by atoms with van der Waals surface area (Å²) >= 11 is 6.73.